The van der Waals surface area contributed by atoms with Crippen LogP contribution in [-0.4, -0.2) is 35.6 Å². The fraction of sp³-hybridized carbons (Fsp3) is 0.938. The van der Waals surface area contributed by atoms with Gasteiger partial charge in [0.25, 0.3) is 0 Å². The van der Waals surface area contributed by atoms with Crippen LogP contribution >= 0.6 is 0 Å². The zero-order valence-electron chi connectivity index (χ0n) is 11.7. The molecule has 5 fully saturated rings. The predicted molar refractivity (Wildman–Crippen MR) is 72.4 cm³/mol. The summed E-state index contributed by atoms with van der Waals surface area (Å²) in [5, 5.41) is 9.26. The van der Waals surface area contributed by atoms with Gasteiger partial charge in [0.2, 0.25) is 5.91 Å². The summed E-state index contributed by atoms with van der Waals surface area (Å²) in [6.07, 6.45) is 8.67. The molecule has 3 nitrogen and oxygen atoms in total. The Morgan fingerprint density at radius 3 is 2.16 bits per heavy atom. The molecule has 1 atom stereocenters. The van der Waals surface area contributed by atoms with Gasteiger partial charge in [0, 0.05) is 25.6 Å². The first-order valence-corrected chi connectivity index (χ1v) is 8.09. The maximum atomic E-state index is 13.0. The van der Waals surface area contributed by atoms with E-state index in [1.807, 2.05) is 0 Å². The van der Waals surface area contributed by atoms with Crippen LogP contribution in [0.15, 0.2) is 0 Å². The number of hydrogen-bond donors (Lipinski definition) is 1. The number of carbonyl (C=O) groups excluding carboxylic acids is 1. The summed E-state index contributed by atoms with van der Waals surface area (Å²) in [6, 6.07) is 0. The number of likely N-dealkylation sites (tertiary alicyclic amines) is 1. The van der Waals surface area contributed by atoms with Crippen molar-refractivity contribution in [2.75, 3.05) is 19.7 Å². The van der Waals surface area contributed by atoms with E-state index >= 15 is 0 Å². The van der Waals surface area contributed by atoms with Crippen LogP contribution in [0.2, 0.25) is 0 Å². The lowest BCUT2D eigenvalue weighted by atomic mass is 9.49. The molecule has 5 aliphatic rings. The van der Waals surface area contributed by atoms with Gasteiger partial charge in [0.05, 0.1) is 5.41 Å². The van der Waals surface area contributed by atoms with Gasteiger partial charge >= 0.3 is 0 Å². The second-order valence-corrected chi connectivity index (χ2v) is 7.79. The van der Waals surface area contributed by atoms with E-state index in [2.05, 4.69) is 4.90 Å². The Hall–Kier alpha value is -0.570. The highest BCUT2D eigenvalue weighted by molar-refractivity contribution is 5.83. The summed E-state index contributed by atoms with van der Waals surface area (Å²) in [5.74, 6) is 3.30. The normalized spacial score (nSPS) is 47.9. The van der Waals surface area contributed by atoms with Gasteiger partial charge in [-0.3, -0.25) is 4.79 Å². The van der Waals surface area contributed by atoms with Crippen LogP contribution in [0.25, 0.3) is 0 Å². The standard InChI is InChI=1S/C16H25NO2/c18-10-11-1-2-17(9-11)15(19)16-6-12-3-13(7-16)5-14(4-12)8-16/h11-14,18H,1-10H2. The first kappa shape index (κ1) is 12.2. The largest absolute Gasteiger partial charge is 0.396 e. The van der Waals surface area contributed by atoms with E-state index in [0.717, 1.165) is 37.3 Å². The van der Waals surface area contributed by atoms with Crippen LogP contribution < -0.4 is 0 Å². The molecule has 4 bridgehead atoms. The Balaban J connectivity index is 1.53. The van der Waals surface area contributed by atoms with Crippen molar-refractivity contribution in [2.24, 2.45) is 29.1 Å². The molecule has 19 heavy (non-hydrogen) atoms. The maximum Gasteiger partial charge on any atom is 0.228 e. The van der Waals surface area contributed by atoms with Crippen molar-refractivity contribution in [3.63, 3.8) is 0 Å². The van der Waals surface area contributed by atoms with Crippen molar-refractivity contribution in [1.29, 1.82) is 0 Å². The van der Waals surface area contributed by atoms with E-state index in [9.17, 15) is 9.90 Å². The molecule has 0 aromatic rings. The maximum absolute atomic E-state index is 13.0. The fourth-order valence-electron chi connectivity index (χ4n) is 5.87. The molecule has 1 amide bonds. The Morgan fingerprint density at radius 2 is 1.68 bits per heavy atom. The van der Waals surface area contributed by atoms with Crippen LogP contribution in [0.1, 0.15) is 44.9 Å². The van der Waals surface area contributed by atoms with E-state index in [1.165, 1.54) is 38.5 Å². The molecule has 106 valence electrons. The molecular formula is C16H25NO2. The number of aliphatic hydroxyl groups excluding tert-OH is 1. The van der Waals surface area contributed by atoms with Gasteiger partial charge in [0.1, 0.15) is 0 Å². The van der Waals surface area contributed by atoms with Crippen molar-refractivity contribution in [1.82, 2.24) is 4.90 Å². The summed E-state index contributed by atoms with van der Waals surface area (Å²) in [7, 11) is 0. The highest BCUT2D eigenvalue weighted by atomic mass is 16.3. The van der Waals surface area contributed by atoms with E-state index in [-0.39, 0.29) is 12.0 Å². The second-order valence-electron chi connectivity index (χ2n) is 7.79. The number of carbonyl (C=O) groups is 1. The number of aliphatic hydroxyl groups is 1. The molecule has 4 aliphatic carbocycles. The van der Waals surface area contributed by atoms with Gasteiger partial charge < -0.3 is 10.0 Å². The van der Waals surface area contributed by atoms with Crippen LogP contribution in [0.4, 0.5) is 0 Å². The monoisotopic (exact) mass is 263 g/mol. The Kier molecular flexibility index (Phi) is 2.70. The van der Waals surface area contributed by atoms with Crippen LogP contribution in [0.3, 0.4) is 0 Å². The zero-order chi connectivity index (χ0) is 13.0. The van der Waals surface area contributed by atoms with Crippen LogP contribution in [-0.2, 0) is 4.79 Å². The SMILES string of the molecule is O=C(N1CCC(CO)C1)C12CC3CC(CC(C3)C1)C2. The van der Waals surface area contributed by atoms with Gasteiger partial charge in [-0.2, -0.15) is 0 Å². The average molecular weight is 263 g/mol. The van der Waals surface area contributed by atoms with Gasteiger partial charge in [-0.1, -0.05) is 0 Å². The minimum Gasteiger partial charge on any atom is -0.396 e. The summed E-state index contributed by atoms with van der Waals surface area (Å²) < 4.78 is 0. The molecule has 4 saturated carbocycles. The predicted octanol–water partition coefficient (Wildman–Crippen LogP) is 2.04. The lowest BCUT2D eigenvalue weighted by molar-refractivity contribution is -0.156. The number of amides is 1. The Labute approximate surface area is 115 Å². The smallest absolute Gasteiger partial charge is 0.228 e. The first-order valence-electron chi connectivity index (χ1n) is 8.09. The molecule has 1 saturated heterocycles. The highest BCUT2D eigenvalue weighted by Gasteiger charge is 2.55. The molecule has 1 unspecified atom stereocenters. The van der Waals surface area contributed by atoms with Crippen molar-refractivity contribution in [3.8, 4) is 0 Å². The fourth-order valence-corrected chi connectivity index (χ4v) is 5.87. The summed E-state index contributed by atoms with van der Waals surface area (Å²) in [5.41, 5.74) is 0.0130. The molecule has 1 aliphatic heterocycles. The van der Waals surface area contributed by atoms with Crippen molar-refractivity contribution in [2.45, 2.75) is 44.9 Å². The molecular weight excluding hydrogens is 238 g/mol. The average Bonchev–Trinajstić information content (AvgIpc) is 2.84. The van der Waals surface area contributed by atoms with Crippen molar-refractivity contribution < 1.29 is 9.90 Å². The van der Waals surface area contributed by atoms with E-state index in [1.54, 1.807) is 0 Å². The lowest BCUT2D eigenvalue weighted by Gasteiger charge is -2.56. The molecule has 3 heteroatoms. The lowest BCUT2D eigenvalue weighted by Crippen LogP contribution is -2.54. The zero-order valence-corrected chi connectivity index (χ0v) is 11.7. The summed E-state index contributed by atoms with van der Waals surface area (Å²) in [4.78, 5) is 15.1. The quantitative estimate of drug-likeness (QED) is 0.828. The Bertz CT molecular complexity index is 357. The third-order valence-electron chi connectivity index (χ3n) is 6.32. The molecule has 0 radical (unpaired) electrons. The number of hydrogen-bond acceptors (Lipinski definition) is 2. The molecule has 0 aromatic heterocycles. The van der Waals surface area contributed by atoms with E-state index in [4.69, 9.17) is 0 Å². The Morgan fingerprint density at radius 1 is 1.11 bits per heavy atom. The third-order valence-corrected chi connectivity index (χ3v) is 6.32. The van der Waals surface area contributed by atoms with Crippen LogP contribution in [0, 0.1) is 29.1 Å². The third kappa shape index (κ3) is 1.84. The van der Waals surface area contributed by atoms with Gasteiger partial charge in [-0.05, 0) is 62.7 Å². The molecule has 1 N–H and O–H groups in total. The molecule has 0 spiro atoms. The van der Waals surface area contributed by atoms with Crippen molar-refractivity contribution in [3.05, 3.63) is 0 Å². The summed E-state index contributed by atoms with van der Waals surface area (Å²) >= 11 is 0. The van der Waals surface area contributed by atoms with E-state index in [0.29, 0.717) is 11.8 Å². The number of rotatable bonds is 2. The van der Waals surface area contributed by atoms with Crippen molar-refractivity contribution >= 4 is 5.91 Å². The summed E-state index contributed by atoms with van der Waals surface area (Å²) in [6.45, 7) is 1.92. The molecule has 0 aromatic carbocycles. The van der Waals surface area contributed by atoms with Gasteiger partial charge in [-0.15, -0.1) is 0 Å². The first-order chi connectivity index (χ1) is 9.18. The van der Waals surface area contributed by atoms with E-state index < -0.39 is 0 Å². The van der Waals surface area contributed by atoms with Crippen LogP contribution in [0.5, 0.6) is 0 Å². The highest BCUT2D eigenvalue weighted by Crippen LogP contribution is 2.60. The topological polar surface area (TPSA) is 40.5 Å². The van der Waals surface area contributed by atoms with Gasteiger partial charge in [-0.25, -0.2) is 0 Å². The second kappa shape index (κ2) is 4.21. The molecule has 5 rings (SSSR count). The van der Waals surface area contributed by atoms with Gasteiger partial charge in [0.15, 0.2) is 0 Å². The minimum absolute atomic E-state index is 0.0130. The molecule has 1 heterocycles. The number of nitrogens with zero attached hydrogens (tertiary/aromatic N) is 1. The minimum atomic E-state index is 0.0130.